The van der Waals surface area contributed by atoms with E-state index in [2.05, 4.69) is 9.97 Å². The summed E-state index contributed by atoms with van der Waals surface area (Å²) in [6, 6.07) is 6.43. The van der Waals surface area contributed by atoms with Gasteiger partial charge in [0.15, 0.2) is 12.6 Å². The van der Waals surface area contributed by atoms with Crippen LogP contribution in [0.15, 0.2) is 35.5 Å². The average Bonchev–Trinajstić information content (AvgIpc) is 3.25. The maximum atomic E-state index is 16.7. The summed E-state index contributed by atoms with van der Waals surface area (Å²) in [4.78, 5) is 23.7. The van der Waals surface area contributed by atoms with Gasteiger partial charge in [-0.15, -0.1) is 0 Å². The van der Waals surface area contributed by atoms with Gasteiger partial charge in [-0.25, -0.2) is 18.0 Å². The van der Waals surface area contributed by atoms with E-state index in [1.165, 1.54) is 36.5 Å². The van der Waals surface area contributed by atoms with Gasteiger partial charge in [-0.3, -0.25) is 4.90 Å². The molecule has 226 valence electrons. The van der Waals surface area contributed by atoms with Crippen LogP contribution in [0.1, 0.15) is 25.3 Å². The van der Waals surface area contributed by atoms with Crippen LogP contribution in [-0.2, 0) is 22.3 Å². The third kappa shape index (κ3) is 4.98. The van der Waals surface area contributed by atoms with Crippen LogP contribution in [0.5, 0.6) is 5.75 Å². The van der Waals surface area contributed by atoms with Crippen molar-refractivity contribution in [3.8, 4) is 16.9 Å². The van der Waals surface area contributed by atoms with Crippen molar-refractivity contribution in [2.75, 3.05) is 38.1 Å². The van der Waals surface area contributed by atoms with Gasteiger partial charge in [0.05, 0.1) is 17.6 Å². The van der Waals surface area contributed by atoms with Crippen molar-refractivity contribution in [2.24, 2.45) is 0 Å². The SMILES string of the molecule is CCc1c(F)ccc2cc(OCOC)cc(-c3c(F)cc4c(N5CC6CCC(C5)N6C(=O)O)nc([S+](C)[O-])nc4c3F)c12. The van der Waals surface area contributed by atoms with E-state index in [0.717, 1.165) is 6.07 Å². The van der Waals surface area contributed by atoms with Crippen LogP contribution in [0.2, 0.25) is 0 Å². The molecule has 2 fully saturated rings. The normalized spacial score (nSPS) is 19.0. The van der Waals surface area contributed by atoms with Crippen molar-refractivity contribution in [3.63, 3.8) is 0 Å². The number of benzene rings is 3. The Morgan fingerprint density at radius 3 is 2.47 bits per heavy atom. The molecule has 13 heteroatoms. The number of anilines is 1. The molecule has 0 saturated carbocycles. The maximum absolute atomic E-state index is 16.7. The molecule has 6 rings (SSSR count). The molecule has 9 nitrogen and oxygen atoms in total. The molecular weight excluding hydrogens is 585 g/mol. The number of rotatable bonds is 7. The molecule has 1 aromatic heterocycles. The highest BCUT2D eigenvalue weighted by Crippen LogP contribution is 2.42. The van der Waals surface area contributed by atoms with E-state index in [9.17, 15) is 18.8 Å². The fourth-order valence-electron chi connectivity index (χ4n) is 6.41. The second-order valence-corrected chi connectivity index (χ2v) is 12.0. The molecule has 2 aliphatic rings. The summed E-state index contributed by atoms with van der Waals surface area (Å²) in [7, 11) is 1.44. The van der Waals surface area contributed by atoms with Gasteiger partial charge >= 0.3 is 11.2 Å². The molecule has 0 aliphatic carbocycles. The molecule has 0 radical (unpaired) electrons. The number of hydrogen-bond acceptors (Lipinski definition) is 7. The third-order valence-corrected chi connectivity index (χ3v) is 8.91. The Balaban J connectivity index is 1.59. The van der Waals surface area contributed by atoms with Crippen molar-refractivity contribution in [1.82, 2.24) is 14.9 Å². The fraction of sp³-hybridized carbons (Fsp3) is 0.367. The number of nitrogens with zero attached hydrogens (tertiary/aromatic N) is 4. The first-order valence-electron chi connectivity index (χ1n) is 13.8. The van der Waals surface area contributed by atoms with Crippen LogP contribution in [0.25, 0.3) is 32.8 Å². The van der Waals surface area contributed by atoms with E-state index in [0.29, 0.717) is 23.6 Å². The number of carboxylic acid groups (broad SMARTS) is 1. The quantitative estimate of drug-likeness (QED) is 0.166. The van der Waals surface area contributed by atoms with E-state index in [-0.39, 0.29) is 77.1 Å². The van der Waals surface area contributed by atoms with Crippen molar-refractivity contribution >= 4 is 44.8 Å². The average molecular weight is 615 g/mol. The molecule has 3 aromatic carbocycles. The molecule has 3 heterocycles. The smallest absolute Gasteiger partial charge is 0.407 e. The predicted octanol–water partition coefficient (Wildman–Crippen LogP) is 5.48. The van der Waals surface area contributed by atoms with Crippen LogP contribution in [-0.4, -0.2) is 76.0 Å². The molecule has 3 unspecified atom stereocenters. The monoisotopic (exact) mass is 614 g/mol. The number of aryl methyl sites for hydroxylation is 1. The summed E-state index contributed by atoms with van der Waals surface area (Å²) in [5.74, 6) is -2.00. The zero-order chi connectivity index (χ0) is 30.6. The Bertz CT molecular complexity index is 1740. The Morgan fingerprint density at radius 2 is 1.84 bits per heavy atom. The summed E-state index contributed by atoms with van der Waals surface area (Å²) in [6.07, 6.45) is 1.92. The van der Waals surface area contributed by atoms with Crippen LogP contribution in [0.3, 0.4) is 0 Å². The van der Waals surface area contributed by atoms with Crippen LogP contribution in [0.4, 0.5) is 23.8 Å². The summed E-state index contributed by atoms with van der Waals surface area (Å²) in [5, 5.41) is 10.4. The molecule has 3 atom stereocenters. The molecule has 1 N–H and O–H groups in total. The number of ether oxygens (including phenoxy) is 2. The van der Waals surface area contributed by atoms with Gasteiger partial charge in [-0.1, -0.05) is 13.0 Å². The first-order valence-corrected chi connectivity index (χ1v) is 15.3. The van der Waals surface area contributed by atoms with E-state index < -0.39 is 40.3 Å². The van der Waals surface area contributed by atoms with Crippen molar-refractivity contribution in [3.05, 3.63) is 53.3 Å². The van der Waals surface area contributed by atoms with Crippen molar-refractivity contribution in [2.45, 2.75) is 43.4 Å². The van der Waals surface area contributed by atoms with Gasteiger partial charge < -0.3 is 24.0 Å². The van der Waals surface area contributed by atoms with Crippen LogP contribution in [0, 0.1) is 17.5 Å². The number of halogens is 3. The zero-order valence-corrected chi connectivity index (χ0v) is 24.5. The second kappa shape index (κ2) is 11.4. The zero-order valence-electron chi connectivity index (χ0n) is 23.7. The topological polar surface area (TPSA) is 111 Å². The highest BCUT2D eigenvalue weighted by atomic mass is 32.2. The summed E-state index contributed by atoms with van der Waals surface area (Å²) in [5.41, 5.74) is -0.321. The lowest BCUT2D eigenvalue weighted by molar-refractivity contribution is 0.0512. The Labute approximate surface area is 248 Å². The van der Waals surface area contributed by atoms with Gasteiger partial charge in [-0.05, 0) is 65.4 Å². The van der Waals surface area contributed by atoms with Gasteiger partial charge in [0.2, 0.25) is 0 Å². The number of piperazine rings is 1. The minimum atomic E-state index is -1.72. The number of methoxy groups -OCH3 is 1. The molecule has 4 aromatic rings. The molecule has 1 amide bonds. The molecule has 0 spiro atoms. The minimum absolute atomic E-state index is 0.0640. The molecule has 2 aliphatic heterocycles. The molecule has 43 heavy (non-hydrogen) atoms. The Morgan fingerprint density at radius 1 is 1.12 bits per heavy atom. The molecule has 2 bridgehead atoms. The number of carbonyl (C=O) groups is 1. The summed E-state index contributed by atoms with van der Waals surface area (Å²) in [6.45, 7) is 2.16. The predicted molar refractivity (Wildman–Crippen MR) is 155 cm³/mol. The largest absolute Gasteiger partial charge is 0.609 e. The van der Waals surface area contributed by atoms with Crippen LogP contribution >= 0.6 is 0 Å². The number of amides is 1. The molecule has 2 saturated heterocycles. The van der Waals surface area contributed by atoms with Crippen molar-refractivity contribution in [1.29, 1.82) is 0 Å². The lowest BCUT2D eigenvalue weighted by Crippen LogP contribution is -2.55. The first kappa shape index (κ1) is 29.3. The third-order valence-electron chi connectivity index (χ3n) is 8.21. The van der Waals surface area contributed by atoms with Crippen molar-refractivity contribution < 1.29 is 37.1 Å². The van der Waals surface area contributed by atoms with E-state index in [1.807, 2.05) is 0 Å². The van der Waals surface area contributed by atoms with Gasteiger partial charge in [0, 0.05) is 36.8 Å². The number of hydrogen-bond donors (Lipinski definition) is 1. The Kier molecular flexibility index (Phi) is 7.73. The number of fused-ring (bicyclic) bond motifs is 4. The fourth-order valence-corrected chi connectivity index (χ4v) is 6.84. The minimum Gasteiger partial charge on any atom is -0.609 e. The first-order chi connectivity index (χ1) is 20.6. The highest BCUT2D eigenvalue weighted by molar-refractivity contribution is 7.90. The summed E-state index contributed by atoms with van der Waals surface area (Å²) < 4.78 is 71.1. The van der Waals surface area contributed by atoms with Gasteiger partial charge in [0.25, 0.3) is 0 Å². The highest BCUT2D eigenvalue weighted by Gasteiger charge is 2.43. The lowest BCUT2D eigenvalue weighted by Gasteiger charge is -2.40. The van der Waals surface area contributed by atoms with Gasteiger partial charge in [0.1, 0.15) is 35.0 Å². The second-order valence-electron chi connectivity index (χ2n) is 10.7. The summed E-state index contributed by atoms with van der Waals surface area (Å²) >= 11 is -1.72. The van der Waals surface area contributed by atoms with Gasteiger partial charge in [-0.2, -0.15) is 9.97 Å². The molecular formula is C30H29F3N4O5S. The van der Waals surface area contributed by atoms with Crippen LogP contribution < -0.4 is 9.64 Å². The lowest BCUT2D eigenvalue weighted by atomic mass is 9.91. The standard InChI is InChI=1S/C30H29F3N4O5S/c1-4-19-22(31)8-5-15-9-18(42-14-41-2)10-20(24(15)19)25-23(32)11-21-27(26(25)33)34-29(43(3)40)35-28(21)36-12-16-6-7-17(13-36)37(16)30(38)39/h5,8-11,16-17H,4,6-7,12-14H2,1-3H3,(H,38,39). The number of aromatic nitrogens is 2. The van der Waals surface area contributed by atoms with E-state index in [1.54, 1.807) is 17.9 Å². The Hall–Kier alpha value is -3.81. The maximum Gasteiger partial charge on any atom is 0.407 e. The van der Waals surface area contributed by atoms with E-state index in [4.69, 9.17) is 9.47 Å². The van der Waals surface area contributed by atoms with E-state index >= 15 is 8.78 Å².